The van der Waals surface area contributed by atoms with E-state index in [1.165, 1.54) is 71.1 Å². The van der Waals surface area contributed by atoms with Crippen LogP contribution in [0, 0.1) is 0 Å². The molecule has 1 heterocycles. The minimum Gasteiger partial charge on any atom is -0.264 e. The topological polar surface area (TPSA) is 12.9 Å². The molecule has 0 amide bonds. The Morgan fingerprint density at radius 3 is 1.57 bits per heavy atom. The molecule has 0 spiro atoms. The van der Waals surface area contributed by atoms with Crippen LogP contribution < -0.4 is 0 Å². The summed E-state index contributed by atoms with van der Waals surface area (Å²) in [6.07, 6.45) is 3.79. The van der Waals surface area contributed by atoms with Gasteiger partial charge in [-0.15, -0.1) is 0 Å². The second-order valence-electron chi connectivity index (χ2n) is 10.4. The van der Waals surface area contributed by atoms with Gasteiger partial charge in [-0.25, -0.2) is 0 Å². The van der Waals surface area contributed by atoms with E-state index in [4.69, 9.17) is 0 Å². The fourth-order valence-electron chi connectivity index (χ4n) is 6.35. The molecular formula is C39H25N. The Labute approximate surface area is 233 Å². The molecule has 0 N–H and O–H groups in total. The SMILES string of the molecule is c1ccc(-c2c3ccccc3c(-c3ccc(-c4ccc5cnccc5c4)c4ccccc34)c3ccccc23)cc1. The van der Waals surface area contributed by atoms with E-state index in [-0.39, 0.29) is 0 Å². The van der Waals surface area contributed by atoms with Gasteiger partial charge < -0.3 is 0 Å². The van der Waals surface area contributed by atoms with Crippen molar-refractivity contribution in [3.05, 3.63) is 152 Å². The first-order valence-electron chi connectivity index (χ1n) is 13.7. The summed E-state index contributed by atoms with van der Waals surface area (Å²) < 4.78 is 0. The molecule has 8 rings (SSSR count). The first-order valence-corrected chi connectivity index (χ1v) is 13.7. The number of benzene rings is 7. The zero-order valence-electron chi connectivity index (χ0n) is 21.9. The monoisotopic (exact) mass is 507 g/mol. The van der Waals surface area contributed by atoms with Crippen LogP contribution in [-0.4, -0.2) is 4.98 Å². The second-order valence-corrected chi connectivity index (χ2v) is 10.4. The van der Waals surface area contributed by atoms with Crippen molar-refractivity contribution in [3.8, 4) is 33.4 Å². The molecule has 0 aliphatic rings. The molecule has 0 saturated heterocycles. The second kappa shape index (κ2) is 9.18. The first-order chi connectivity index (χ1) is 19.9. The smallest absolute Gasteiger partial charge is 0.0346 e. The van der Waals surface area contributed by atoms with Gasteiger partial charge in [-0.2, -0.15) is 0 Å². The van der Waals surface area contributed by atoms with Crippen LogP contribution in [0.3, 0.4) is 0 Å². The van der Waals surface area contributed by atoms with Crippen LogP contribution in [0.4, 0.5) is 0 Å². The summed E-state index contributed by atoms with van der Waals surface area (Å²) in [7, 11) is 0. The molecule has 40 heavy (non-hydrogen) atoms. The Bertz CT molecular complexity index is 2150. The van der Waals surface area contributed by atoms with Crippen LogP contribution in [-0.2, 0) is 0 Å². The Morgan fingerprint density at radius 2 is 0.900 bits per heavy atom. The molecule has 1 nitrogen and oxygen atoms in total. The molecule has 0 radical (unpaired) electrons. The molecule has 0 saturated carbocycles. The maximum Gasteiger partial charge on any atom is 0.0346 e. The molecule has 1 aromatic heterocycles. The number of aromatic nitrogens is 1. The average molecular weight is 508 g/mol. The van der Waals surface area contributed by atoms with Crippen molar-refractivity contribution in [2.75, 3.05) is 0 Å². The summed E-state index contributed by atoms with van der Waals surface area (Å²) in [5.41, 5.74) is 7.55. The highest BCUT2D eigenvalue weighted by atomic mass is 14.6. The molecule has 0 unspecified atom stereocenters. The largest absolute Gasteiger partial charge is 0.264 e. The maximum atomic E-state index is 4.29. The molecular weight excluding hydrogens is 482 g/mol. The summed E-state index contributed by atoms with van der Waals surface area (Å²) in [4.78, 5) is 4.29. The third kappa shape index (κ3) is 3.52. The Hall–Kier alpha value is -5.27. The summed E-state index contributed by atoms with van der Waals surface area (Å²) in [6.45, 7) is 0. The van der Waals surface area contributed by atoms with Gasteiger partial charge in [0.25, 0.3) is 0 Å². The zero-order valence-corrected chi connectivity index (χ0v) is 21.9. The number of hydrogen-bond acceptors (Lipinski definition) is 1. The maximum absolute atomic E-state index is 4.29. The van der Waals surface area contributed by atoms with Gasteiger partial charge in [-0.1, -0.05) is 127 Å². The number of fused-ring (bicyclic) bond motifs is 4. The molecule has 0 atom stereocenters. The first kappa shape index (κ1) is 22.7. The number of rotatable bonds is 3. The lowest BCUT2D eigenvalue weighted by molar-refractivity contribution is 1.36. The lowest BCUT2D eigenvalue weighted by Crippen LogP contribution is -1.92. The quantitative estimate of drug-likeness (QED) is 0.217. The van der Waals surface area contributed by atoms with E-state index >= 15 is 0 Å². The summed E-state index contributed by atoms with van der Waals surface area (Å²) >= 11 is 0. The van der Waals surface area contributed by atoms with E-state index in [0.29, 0.717) is 0 Å². The number of pyridine rings is 1. The van der Waals surface area contributed by atoms with Gasteiger partial charge in [0.2, 0.25) is 0 Å². The van der Waals surface area contributed by atoms with Crippen molar-refractivity contribution in [1.29, 1.82) is 0 Å². The van der Waals surface area contributed by atoms with Crippen molar-refractivity contribution in [2.45, 2.75) is 0 Å². The number of hydrogen-bond donors (Lipinski definition) is 0. The molecule has 0 aliphatic heterocycles. The van der Waals surface area contributed by atoms with Crippen molar-refractivity contribution in [2.24, 2.45) is 0 Å². The molecule has 8 aromatic rings. The van der Waals surface area contributed by atoms with Crippen LogP contribution >= 0.6 is 0 Å². The predicted octanol–water partition coefficient (Wildman–Crippen LogP) is 10.7. The van der Waals surface area contributed by atoms with E-state index < -0.39 is 0 Å². The van der Waals surface area contributed by atoms with Crippen molar-refractivity contribution in [1.82, 2.24) is 4.98 Å². The Balaban J connectivity index is 1.46. The molecule has 0 bridgehead atoms. The highest BCUT2D eigenvalue weighted by molar-refractivity contribution is 6.24. The van der Waals surface area contributed by atoms with Crippen LogP contribution in [0.25, 0.3) is 76.5 Å². The molecule has 1 heteroatoms. The third-order valence-electron chi connectivity index (χ3n) is 8.14. The lowest BCUT2D eigenvalue weighted by atomic mass is 9.84. The van der Waals surface area contributed by atoms with E-state index in [1.807, 2.05) is 12.4 Å². The zero-order chi connectivity index (χ0) is 26.5. The summed E-state index contributed by atoms with van der Waals surface area (Å²) in [6, 6.07) is 50.7. The summed E-state index contributed by atoms with van der Waals surface area (Å²) in [5, 5.41) is 9.98. The van der Waals surface area contributed by atoms with Gasteiger partial charge >= 0.3 is 0 Å². The van der Waals surface area contributed by atoms with E-state index in [1.54, 1.807) is 0 Å². The van der Waals surface area contributed by atoms with E-state index in [2.05, 4.69) is 145 Å². The van der Waals surface area contributed by atoms with Crippen LogP contribution in [0.5, 0.6) is 0 Å². The van der Waals surface area contributed by atoms with Gasteiger partial charge in [-0.05, 0) is 83.2 Å². The van der Waals surface area contributed by atoms with Crippen LogP contribution in [0.15, 0.2) is 152 Å². The fourth-order valence-corrected chi connectivity index (χ4v) is 6.35. The minimum absolute atomic E-state index is 1.16. The van der Waals surface area contributed by atoms with Gasteiger partial charge in [0.15, 0.2) is 0 Å². The minimum atomic E-state index is 1.16. The van der Waals surface area contributed by atoms with Crippen LogP contribution in [0.1, 0.15) is 0 Å². The predicted molar refractivity (Wildman–Crippen MR) is 171 cm³/mol. The highest BCUT2D eigenvalue weighted by Crippen LogP contribution is 2.46. The number of nitrogens with zero attached hydrogens (tertiary/aromatic N) is 1. The van der Waals surface area contributed by atoms with Crippen molar-refractivity contribution in [3.63, 3.8) is 0 Å². The van der Waals surface area contributed by atoms with Crippen molar-refractivity contribution < 1.29 is 0 Å². The normalized spacial score (nSPS) is 11.5. The molecule has 7 aromatic carbocycles. The molecule has 0 aliphatic carbocycles. The average Bonchev–Trinajstić information content (AvgIpc) is 3.03. The molecule has 0 fully saturated rings. The third-order valence-corrected chi connectivity index (χ3v) is 8.14. The van der Waals surface area contributed by atoms with E-state index in [0.717, 1.165) is 5.39 Å². The van der Waals surface area contributed by atoms with Gasteiger partial charge in [0.05, 0.1) is 0 Å². The lowest BCUT2D eigenvalue weighted by Gasteiger charge is -2.19. The summed E-state index contributed by atoms with van der Waals surface area (Å²) in [5.74, 6) is 0. The van der Waals surface area contributed by atoms with Crippen molar-refractivity contribution >= 4 is 43.1 Å². The van der Waals surface area contributed by atoms with Gasteiger partial charge in [-0.3, -0.25) is 4.98 Å². The van der Waals surface area contributed by atoms with Crippen LogP contribution in [0.2, 0.25) is 0 Å². The Morgan fingerprint density at radius 1 is 0.350 bits per heavy atom. The standard InChI is InChI=1S/C39H25N/c1-2-10-26(11-3-1)38-33-14-6-8-16-35(33)39(36-17-9-7-15-34(36)38)37-21-20-30(31-12-4-5-13-32(31)37)28-18-19-29-25-40-23-22-27(29)24-28/h1-25H. The Kier molecular flexibility index (Phi) is 5.21. The van der Waals surface area contributed by atoms with Gasteiger partial charge in [0, 0.05) is 17.8 Å². The molecule has 186 valence electrons. The fraction of sp³-hybridized carbons (Fsp3) is 0. The van der Waals surface area contributed by atoms with Gasteiger partial charge in [0.1, 0.15) is 0 Å². The highest BCUT2D eigenvalue weighted by Gasteiger charge is 2.18. The van der Waals surface area contributed by atoms with E-state index in [9.17, 15) is 0 Å².